The average molecular weight is 262 g/mol. The first-order valence-corrected chi connectivity index (χ1v) is 6.67. The van der Waals surface area contributed by atoms with E-state index in [1.165, 1.54) is 27.9 Å². The first-order chi connectivity index (χ1) is 9.84. The third-order valence-corrected chi connectivity index (χ3v) is 4.18. The van der Waals surface area contributed by atoms with E-state index in [0.717, 1.165) is 17.8 Å². The smallest absolute Gasteiger partial charge is 0.339 e. The molecule has 0 unspecified atom stereocenters. The third-order valence-electron chi connectivity index (χ3n) is 4.18. The van der Waals surface area contributed by atoms with Gasteiger partial charge >= 0.3 is 5.71 Å². The Kier molecular flexibility index (Phi) is 1.67. The first kappa shape index (κ1) is 10.2. The summed E-state index contributed by atoms with van der Waals surface area (Å²) in [5.41, 5.74) is 5.56. The standard InChI is InChI=1S/C16H12N3O/c1-18-15-12-8-17-7-6-10(12)9-19(15)14-11-4-2-3-5-13(11)20-16(14)18/h2-8H,9H2,1H3/q+1. The van der Waals surface area contributed by atoms with Gasteiger partial charge in [0.15, 0.2) is 0 Å². The van der Waals surface area contributed by atoms with Crippen LogP contribution in [0.3, 0.4) is 0 Å². The molecule has 0 saturated heterocycles. The lowest BCUT2D eigenvalue weighted by molar-refractivity contribution is -0.640. The SMILES string of the molecule is C[n+]1c2n(c3c4ccccc4oc31)Cc1ccncc1-2. The number of pyridine rings is 1. The van der Waals surface area contributed by atoms with Crippen molar-refractivity contribution >= 4 is 22.2 Å². The van der Waals surface area contributed by atoms with Crippen molar-refractivity contribution in [3.63, 3.8) is 0 Å². The minimum Gasteiger partial charge on any atom is -0.419 e. The molecule has 1 aromatic carbocycles. The Bertz CT molecular complexity index is 994. The monoisotopic (exact) mass is 262 g/mol. The number of aryl methyl sites for hydroxylation is 1. The minimum atomic E-state index is 0.883. The van der Waals surface area contributed by atoms with Crippen molar-refractivity contribution in [2.24, 2.45) is 7.05 Å². The lowest BCUT2D eigenvalue weighted by Crippen LogP contribution is -2.29. The molecule has 5 rings (SSSR count). The highest BCUT2D eigenvalue weighted by Gasteiger charge is 2.35. The van der Waals surface area contributed by atoms with Gasteiger partial charge in [-0.3, -0.25) is 4.98 Å². The van der Waals surface area contributed by atoms with Gasteiger partial charge in [0.05, 0.1) is 18.0 Å². The van der Waals surface area contributed by atoms with Crippen molar-refractivity contribution in [2.75, 3.05) is 0 Å². The zero-order chi connectivity index (χ0) is 13.3. The lowest BCUT2D eigenvalue weighted by Gasteiger charge is -1.93. The van der Waals surface area contributed by atoms with Gasteiger partial charge in [-0.15, -0.1) is 0 Å². The van der Waals surface area contributed by atoms with E-state index in [0.29, 0.717) is 0 Å². The summed E-state index contributed by atoms with van der Waals surface area (Å²) in [6.07, 6.45) is 3.80. The fourth-order valence-corrected chi connectivity index (χ4v) is 3.30. The Balaban J connectivity index is 1.99. The molecule has 1 aliphatic rings. The van der Waals surface area contributed by atoms with Crippen molar-refractivity contribution < 1.29 is 8.98 Å². The van der Waals surface area contributed by atoms with Gasteiger partial charge in [0.25, 0.3) is 5.82 Å². The highest BCUT2D eigenvalue weighted by atomic mass is 16.3. The third kappa shape index (κ3) is 1.04. The largest absolute Gasteiger partial charge is 0.419 e. The molecule has 0 amide bonds. The van der Waals surface area contributed by atoms with Gasteiger partial charge < -0.3 is 4.42 Å². The summed E-state index contributed by atoms with van der Waals surface area (Å²) in [6.45, 7) is 0.883. The van der Waals surface area contributed by atoms with E-state index < -0.39 is 0 Å². The molecule has 4 heterocycles. The van der Waals surface area contributed by atoms with Gasteiger partial charge in [0.2, 0.25) is 5.52 Å². The zero-order valence-electron chi connectivity index (χ0n) is 11.0. The minimum absolute atomic E-state index is 0.883. The van der Waals surface area contributed by atoms with Gasteiger partial charge in [-0.1, -0.05) is 12.1 Å². The number of hydrogen-bond acceptors (Lipinski definition) is 2. The average Bonchev–Trinajstić information content (AvgIpc) is 3.10. The molecule has 20 heavy (non-hydrogen) atoms. The van der Waals surface area contributed by atoms with Crippen LogP contribution in [0.4, 0.5) is 0 Å². The van der Waals surface area contributed by atoms with Crippen molar-refractivity contribution in [1.82, 2.24) is 9.55 Å². The van der Waals surface area contributed by atoms with Gasteiger partial charge in [-0.05, 0) is 18.2 Å². The predicted octanol–water partition coefficient (Wildman–Crippen LogP) is 2.64. The normalized spacial score (nSPS) is 13.1. The van der Waals surface area contributed by atoms with Crippen LogP contribution in [0.2, 0.25) is 0 Å². The fraction of sp³-hybridized carbons (Fsp3) is 0.125. The molecule has 3 aromatic heterocycles. The molecule has 0 saturated carbocycles. The van der Waals surface area contributed by atoms with Crippen LogP contribution in [0.5, 0.6) is 0 Å². The van der Waals surface area contributed by atoms with Crippen LogP contribution in [-0.4, -0.2) is 9.55 Å². The van der Waals surface area contributed by atoms with Crippen LogP contribution in [0.1, 0.15) is 5.56 Å². The number of imidazole rings is 1. The van der Waals surface area contributed by atoms with Crippen molar-refractivity contribution in [3.05, 3.63) is 48.3 Å². The quantitative estimate of drug-likeness (QED) is 0.402. The van der Waals surface area contributed by atoms with Crippen molar-refractivity contribution in [1.29, 1.82) is 0 Å². The fourth-order valence-electron chi connectivity index (χ4n) is 3.30. The lowest BCUT2D eigenvalue weighted by atomic mass is 10.2. The van der Waals surface area contributed by atoms with E-state index in [4.69, 9.17) is 4.42 Å². The molecule has 0 spiro atoms. The first-order valence-electron chi connectivity index (χ1n) is 6.67. The molecule has 0 N–H and O–H groups in total. The zero-order valence-corrected chi connectivity index (χ0v) is 11.0. The van der Waals surface area contributed by atoms with Gasteiger partial charge in [0.1, 0.15) is 12.1 Å². The summed E-state index contributed by atoms with van der Waals surface area (Å²) in [7, 11) is 2.05. The highest BCUT2D eigenvalue weighted by molar-refractivity contribution is 6.01. The molecule has 4 aromatic rings. The van der Waals surface area contributed by atoms with E-state index >= 15 is 0 Å². The van der Waals surface area contributed by atoms with E-state index in [1.807, 2.05) is 24.5 Å². The molecule has 0 fully saturated rings. The molecule has 4 heteroatoms. The summed E-state index contributed by atoms with van der Waals surface area (Å²) in [4.78, 5) is 4.26. The second-order valence-corrected chi connectivity index (χ2v) is 5.25. The van der Waals surface area contributed by atoms with E-state index in [2.05, 4.69) is 39.4 Å². The number of furan rings is 1. The second kappa shape index (κ2) is 3.28. The maximum Gasteiger partial charge on any atom is 0.339 e. The van der Waals surface area contributed by atoms with E-state index in [9.17, 15) is 0 Å². The Morgan fingerprint density at radius 3 is 3.10 bits per heavy atom. The number of fused-ring (bicyclic) bond motifs is 7. The number of benzene rings is 1. The van der Waals surface area contributed by atoms with Gasteiger partial charge in [-0.2, -0.15) is 4.57 Å². The summed E-state index contributed by atoms with van der Waals surface area (Å²) in [6, 6.07) is 10.3. The van der Waals surface area contributed by atoms with Crippen molar-refractivity contribution in [3.8, 4) is 11.4 Å². The highest BCUT2D eigenvalue weighted by Crippen LogP contribution is 2.36. The van der Waals surface area contributed by atoms with Gasteiger partial charge in [0, 0.05) is 18.0 Å². The number of nitrogens with zero attached hydrogens (tertiary/aromatic N) is 3. The summed E-state index contributed by atoms with van der Waals surface area (Å²) in [5, 5.41) is 1.17. The van der Waals surface area contributed by atoms with Crippen LogP contribution in [0, 0.1) is 0 Å². The maximum atomic E-state index is 6.02. The summed E-state index contributed by atoms with van der Waals surface area (Å²) < 4.78 is 10.5. The molecular formula is C16H12N3O+. The second-order valence-electron chi connectivity index (χ2n) is 5.25. The number of rotatable bonds is 0. The van der Waals surface area contributed by atoms with E-state index in [-0.39, 0.29) is 0 Å². The van der Waals surface area contributed by atoms with Crippen LogP contribution in [0.25, 0.3) is 33.6 Å². The van der Waals surface area contributed by atoms with Crippen LogP contribution in [-0.2, 0) is 13.6 Å². The van der Waals surface area contributed by atoms with Crippen LogP contribution in [0.15, 0.2) is 47.1 Å². The Morgan fingerprint density at radius 2 is 2.15 bits per heavy atom. The molecule has 0 atom stereocenters. The molecule has 1 aliphatic heterocycles. The molecule has 0 bridgehead atoms. The summed E-state index contributed by atoms with van der Waals surface area (Å²) in [5.74, 6) is 1.17. The Labute approximate surface area is 114 Å². The molecule has 0 aliphatic carbocycles. The number of para-hydroxylation sites is 1. The molecule has 0 radical (unpaired) electrons. The Morgan fingerprint density at radius 1 is 1.25 bits per heavy atom. The van der Waals surface area contributed by atoms with Crippen molar-refractivity contribution in [2.45, 2.75) is 6.54 Å². The van der Waals surface area contributed by atoms with Gasteiger partial charge in [-0.25, -0.2) is 4.57 Å². The topological polar surface area (TPSA) is 34.8 Å². The Hall–Kier alpha value is -2.62. The predicted molar refractivity (Wildman–Crippen MR) is 75.2 cm³/mol. The summed E-state index contributed by atoms with van der Waals surface area (Å²) >= 11 is 0. The molecular weight excluding hydrogens is 250 g/mol. The molecule has 96 valence electrons. The maximum absolute atomic E-state index is 6.02. The van der Waals surface area contributed by atoms with Crippen LogP contribution < -0.4 is 4.57 Å². The van der Waals surface area contributed by atoms with Crippen LogP contribution >= 0.6 is 0 Å². The number of aromatic nitrogens is 3. The number of hydrogen-bond donors (Lipinski definition) is 0. The van der Waals surface area contributed by atoms with E-state index in [1.54, 1.807) is 0 Å². The molecule has 4 nitrogen and oxygen atoms in total.